The van der Waals surface area contributed by atoms with E-state index >= 15 is 0 Å². The number of pyridine rings is 1. The Morgan fingerprint density at radius 1 is 0.870 bits per heavy atom. The van der Waals surface area contributed by atoms with E-state index < -0.39 is 24.1 Å². The van der Waals surface area contributed by atoms with Crippen molar-refractivity contribution in [3.63, 3.8) is 0 Å². The summed E-state index contributed by atoms with van der Waals surface area (Å²) in [6.45, 7) is 18.6. The smallest absolute Gasteiger partial charge is 0.243 e. The molecule has 416 valence electrons. The summed E-state index contributed by atoms with van der Waals surface area (Å²) < 4.78 is 22.4. The normalized spacial score (nSPS) is 21.3. The van der Waals surface area contributed by atoms with Crippen molar-refractivity contribution in [2.75, 3.05) is 58.1 Å². The number of aliphatic hydroxyl groups is 1. The van der Waals surface area contributed by atoms with Crippen LogP contribution in [0.15, 0.2) is 66.6 Å². The van der Waals surface area contributed by atoms with Crippen molar-refractivity contribution < 1.29 is 23.8 Å². The molecule has 2 unspecified atom stereocenters. The number of piperazine rings is 1. The van der Waals surface area contributed by atoms with Crippen molar-refractivity contribution >= 4 is 52.2 Å². The molecular weight excluding hydrogens is 1030 g/mol. The van der Waals surface area contributed by atoms with Crippen molar-refractivity contribution in [2.24, 2.45) is 11.3 Å². The standard InChI is InChI=1S/C59H79Cl2FN10O4S/c1-38-55(77-37-66-38)41-16-14-40(15-17-41)30-65-57(74)51-29-47(73)36-71(51)58(75)48(59(3,4)5)13-9-8-12-24-70-35-45-28-46(70)34-69(45)23-11-7-6-10-22-68-25-20-44(21-26-68)72-33-43(32-67-72)42-27-52(56(63)64-31-42)76-39(2)53-49(60)18-19-50(62)54(53)61/h14-19,27,31-33,37,39,44-48,51,73H,6-13,20-26,28-30,34-36H2,1-5H3,(H2,63,64)(H,65,74)/t39-,45?,46?,47-,48-,51+/m1/s1. The summed E-state index contributed by atoms with van der Waals surface area (Å²) in [6.07, 6.45) is 16.9. The average Bonchev–Trinajstić information content (AvgIpc) is 4.29. The predicted molar refractivity (Wildman–Crippen MR) is 306 cm³/mol. The Kier molecular flexibility index (Phi) is 19.0. The minimum Gasteiger partial charge on any atom is -0.482 e. The molecule has 2 aromatic carbocycles. The zero-order chi connectivity index (χ0) is 54.4. The third kappa shape index (κ3) is 14.0. The van der Waals surface area contributed by atoms with Gasteiger partial charge in [-0.05, 0) is 113 Å². The molecular formula is C59H79Cl2FN10O4S. The topological polar surface area (TPSA) is 158 Å². The predicted octanol–water partition coefficient (Wildman–Crippen LogP) is 11.0. The molecule has 6 atom stereocenters. The number of piperidine rings is 1. The highest BCUT2D eigenvalue weighted by Gasteiger charge is 2.44. The van der Waals surface area contributed by atoms with Gasteiger partial charge >= 0.3 is 0 Å². The number of nitrogens with one attached hydrogen (secondary N) is 1. The number of aliphatic hydroxyl groups excluding tert-OH is 1. The lowest BCUT2D eigenvalue weighted by molar-refractivity contribution is -0.145. The Morgan fingerprint density at radius 2 is 1.56 bits per heavy atom. The van der Waals surface area contributed by atoms with Crippen LogP contribution in [-0.2, 0) is 16.1 Å². The van der Waals surface area contributed by atoms with Crippen molar-refractivity contribution in [3.05, 3.63) is 99.2 Å². The maximum Gasteiger partial charge on any atom is 0.243 e. The van der Waals surface area contributed by atoms with Gasteiger partial charge in [0.25, 0.3) is 0 Å². The second-order valence-corrected chi connectivity index (χ2v) is 24.8. The van der Waals surface area contributed by atoms with Crippen molar-refractivity contribution in [3.8, 4) is 27.3 Å². The molecule has 5 aromatic rings. The van der Waals surface area contributed by atoms with Crippen LogP contribution in [0.1, 0.15) is 134 Å². The third-order valence-electron chi connectivity index (χ3n) is 16.7. The zero-order valence-electron chi connectivity index (χ0n) is 45.6. The number of ether oxygens (including phenoxy) is 1. The van der Waals surface area contributed by atoms with Crippen LogP contribution < -0.4 is 15.8 Å². The number of thiazole rings is 1. The number of hydrogen-bond donors (Lipinski definition) is 3. The number of benzene rings is 2. The van der Waals surface area contributed by atoms with Gasteiger partial charge in [0.2, 0.25) is 11.8 Å². The van der Waals surface area contributed by atoms with Gasteiger partial charge in [0.15, 0.2) is 11.6 Å². The number of halogens is 3. The number of nitrogens with two attached hydrogens (primary N) is 1. The number of carbonyl (C=O) groups excluding carboxylic acids is 2. The van der Waals surface area contributed by atoms with E-state index in [1.54, 1.807) is 29.4 Å². The average molecular weight is 1110 g/mol. The number of rotatable bonds is 23. The summed E-state index contributed by atoms with van der Waals surface area (Å²) in [5.74, 6) is -0.433. The van der Waals surface area contributed by atoms with Crippen molar-refractivity contribution in [1.82, 2.24) is 44.7 Å². The Hall–Kier alpha value is -4.68. The zero-order valence-corrected chi connectivity index (χ0v) is 47.9. The second kappa shape index (κ2) is 25.6. The van der Waals surface area contributed by atoms with E-state index in [1.807, 2.05) is 36.8 Å². The van der Waals surface area contributed by atoms with Crippen molar-refractivity contribution in [2.45, 2.75) is 155 Å². The monoisotopic (exact) mass is 1110 g/mol. The van der Waals surface area contributed by atoms with Crippen LogP contribution in [0.5, 0.6) is 5.75 Å². The van der Waals surface area contributed by atoms with Gasteiger partial charge in [0.05, 0.1) is 39.4 Å². The first-order chi connectivity index (χ1) is 37.0. The molecule has 4 N–H and O–H groups in total. The van der Waals surface area contributed by atoms with E-state index in [0.717, 1.165) is 97.5 Å². The van der Waals surface area contributed by atoms with Gasteiger partial charge in [0, 0.05) is 97.8 Å². The first kappa shape index (κ1) is 57.0. The van der Waals surface area contributed by atoms with E-state index in [9.17, 15) is 19.1 Å². The quantitative estimate of drug-likeness (QED) is 0.0422. The molecule has 3 aromatic heterocycles. The molecule has 0 radical (unpaired) electrons. The summed E-state index contributed by atoms with van der Waals surface area (Å²) in [4.78, 5) is 47.4. The molecule has 4 fully saturated rings. The molecule has 18 heteroatoms. The number of amides is 2. The molecule has 2 bridgehead atoms. The molecule has 77 heavy (non-hydrogen) atoms. The molecule has 7 heterocycles. The SMILES string of the molecule is Cc1ncsc1-c1ccc(CNC(=O)[C@@H]2C[C@@H](O)CN2C(=O)[C@@H](CCCCCN2CC3CC2CN3CCCCCCN2CCC(n3cc(-c4cnc(N)c(O[C@H](C)c5c(Cl)ccc(F)c5Cl)c4)cn3)CC2)C(C)(C)C)cc1. The maximum absolute atomic E-state index is 14.2. The van der Waals surface area contributed by atoms with E-state index in [1.165, 1.54) is 63.9 Å². The molecule has 0 aliphatic carbocycles. The summed E-state index contributed by atoms with van der Waals surface area (Å²) >= 11 is 14.2. The molecule has 0 saturated carbocycles. The van der Waals surface area contributed by atoms with Gasteiger partial charge in [-0.3, -0.25) is 24.1 Å². The number of nitrogens with zero attached hydrogens (tertiary/aromatic N) is 8. The van der Waals surface area contributed by atoms with Gasteiger partial charge in [-0.2, -0.15) is 5.10 Å². The Labute approximate surface area is 468 Å². The Balaban J connectivity index is 0.628. The van der Waals surface area contributed by atoms with Crippen LogP contribution in [0, 0.1) is 24.1 Å². The Bertz CT molecular complexity index is 2780. The maximum atomic E-state index is 14.2. The molecule has 4 saturated heterocycles. The molecule has 4 aliphatic rings. The summed E-state index contributed by atoms with van der Waals surface area (Å²) in [7, 11) is 0. The van der Waals surface area contributed by atoms with Crippen LogP contribution in [0.4, 0.5) is 10.2 Å². The second-order valence-electron chi connectivity index (χ2n) is 23.2. The molecule has 9 rings (SSSR count). The summed E-state index contributed by atoms with van der Waals surface area (Å²) in [6, 6.07) is 13.7. The van der Waals surface area contributed by atoms with Gasteiger partial charge in [-0.1, -0.05) is 93.9 Å². The van der Waals surface area contributed by atoms with Gasteiger partial charge in [-0.15, -0.1) is 11.3 Å². The Morgan fingerprint density at radius 3 is 2.22 bits per heavy atom. The number of anilines is 1. The van der Waals surface area contributed by atoms with Crippen LogP contribution in [0.3, 0.4) is 0 Å². The number of aryl methyl sites for hydroxylation is 1. The fourth-order valence-electron chi connectivity index (χ4n) is 12.3. The molecule has 2 amide bonds. The third-order valence-corrected chi connectivity index (χ3v) is 18.4. The van der Waals surface area contributed by atoms with Crippen LogP contribution >= 0.6 is 34.5 Å². The lowest BCUT2D eigenvalue weighted by Gasteiger charge is -2.35. The first-order valence-electron chi connectivity index (χ1n) is 28.1. The van der Waals surface area contributed by atoms with Crippen LogP contribution in [-0.4, -0.2) is 133 Å². The van der Waals surface area contributed by atoms with Gasteiger partial charge in [-0.25, -0.2) is 14.4 Å². The van der Waals surface area contributed by atoms with Crippen LogP contribution in [0.2, 0.25) is 10.0 Å². The fraction of sp³-hybridized carbons (Fsp3) is 0.576. The van der Waals surface area contributed by atoms with Gasteiger partial charge < -0.3 is 30.7 Å². The summed E-state index contributed by atoms with van der Waals surface area (Å²) in [5.41, 5.74) is 13.0. The van der Waals surface area contributed by atoms with E-state index in [-0.39, 0.29) is 47.0 Å². The minimum absolute atomic E-state index is 0.0117. The fourth-order valence-corrected chi connectivity index (χ4v) is 13.8. The number of fused-ring (bicyclic) bond motifs is 2. The number of nitrogen functional groups attached to an aromatic ring is 1. The number of likely N-dealkylation sites (tertiary alicyclic amines) is 4. The number of carbonyl (C=O) groups is 2. The van der Waals surface area contributed by atoms with Crippen molar-refractivity contribution in [1.29, 1.82) is 0 Å². The largest absolute Gasteiger partial charge is 0.482 e. The van der Waals surface area contributed by atoms with E-state index in [4.69, 9.17) is 38.8 Å². The number of unbranched alkanes of at least 4 members (excludes halogenated alkanes) is 5. The minimum atomic E-state index is -0.710. The van der Waals surface area contributed by atoms with Crippen LogP contribution in [0.25, 0.3) is 21.6 Å². The van der Waals surface area contributed by atoms with Gasteiger partial charge in [0.1, 0.15) is 18.0 Å². The number of β-amino-alcohol motifs (C(OH)–C–C–N with tert-alkyl or cyclic N) is 1. The summed E-state index contributed by atoms with van der Waals surface area (Å²) in [5, 5.41) is 18.7. The highest BCUT2D eigenvalue weighted by atomic mass is 35.5. The van der Waals surface area contributed by atoms with E-state index in [0.29, 0.717) is 41.0 Å². The van der Waals surface area contributed by atoms with E-state index in [2.05, 4.69) is 73.8 Å². The lowest BCUT2D eigenvalue weighted by atomic mass is 9.76. The lowest BCUT2D eigenvalue weighted by Crippen LogP contribution is -2.49. The number of hydrogen-bond acceptors (Lipinski definition) is 12. The molecule has 14 nitrogen and oxygen atoms in total. The molecule has 4 aliphatic heterocycles. The highest BCUT2D eigenvalue weighted by Crippen LogP contribution is 2.39. The number of aromatic nitrogens is 4. The molecule has 0 spiro atoms. The highest BCUT2D eigenvalue weighted by molar-refractivity contribution is 7.13. The first-order valence-corrected chi connectivity index (χ1v) is 29.7.